The number of carbonyl (C=O) groups is 3. The van der Waals surface area contributed by atoms with E-state index in [1.54, 1.807) is 11.9 Å². The van der Waals surface area contributed by atoms with Crippen molar-refractivity contribution in [2.45, 2.75) is 0 Å². The van der Waals surface area contributed by atoms with Gasteiger partial charge in [-0.25, -0.2) is 4.79 Å². The molecule has 19 heavy (non-hydrogen) atoms. The van der Waals surface area contributed by atoms with Crippen LogP contribution in [0.25, 0.3) is 0 Å². The molecule has 2 rings (SSSR count). The monoisotopic (exact) mass is 262 g/mol. The van der Waals surface area contributed by atoms with Crippen molar-refractivity contribution >= 4 is 17.8 Å². The van der Waals surface area contributed by atoms with E-state index in [9.17, 15) is 14.4 Å². The average molecular weight is 262 g/mol. The summed E-state index contributed by atoms with van der Waals surface area (Å²) in [7, 11) is 1.70. The maximum Gasteiger partial charge on any atom is 0.335 e. The summed E-state index contributed by atoms with van der Waals surface area (Å²) in [5.41, 5.74) is 0.522. The van der Waals surface area contributed by atoms with Crippen LogP contribution >= 0.6 is 0 Å². The molecule has 1 aromatic rings. The molecule has 0 atom stereocenters. The van der Waals surface area contributed by atoms with Crippen molar-refractivity contribution in [2.75, 3.05) is 26.7 Å². The second-order valence-corrected chi connectivity index (χ2v) is 4.42. The lowest BCUT2D eigenvalue weighted by atomic mass is 10.1. The quantitative estimate of drug-likeness (QED) is 0.831. The summed E-state index contributed by atoms with van der Waals surface area (Å²) in [5.74, 6) is -1.38. The van der Waals surface area contributed by atoms with Gasteiger partial charge in [0.05, 0.1) is 5.56 Å². The van der Waals surface area contributed by atoms with Crippen LogP contribution in [0.5, 0.6) is 0 Å². The Labute approximate surface area is 110 Å². The Morgan fingerprint density at radius 3 is 2.21 bits per heavy atom. The zero-order valence-corrected chi connectivity index (χ0v) is 10.5. The molecule has 2 amide bonds. The Bertz CT molecular complexity index is 524. The van der Waals surface area contributed by atoms with Crippen LogP contribution in [0, 0.1) is 0 Å². The molecule has 100 valence electrons. The van der Waals surface area contributed by atoms with Crippen LogP contribution in [0.3, 0.4) is 0 Å². The van der Waals surface area contributed by atoms with Gasteiger partial charge in [0, 0.05) is 25.7 Å². The van der Waals surface area contributed by atoms with Crippen LogP contribution in [-0.4, -0.2) is 59.4 Å². The van der Waals surface area contributed by atoms with Gasteiger partial charge in [0.1, 0.15) is 6.54 Å². The highest BCUT2D eigenvalue weighted by Crippen LogP contribution is 2.10. The lowest BCUT2D eigenvalue weighted by Gasteiger charge is -2.32. The molecule has 6 nitrogen and oxygen atoms in total. The number of aromatic carboxylic acids is 1. The number of piperazine rings is 1. The summed E-state index contributed by atoms with van der Waals surface area (Å²) in [6.45, 7) is 1.07. The Kier molecular flexibility index (Phi) is 3.50. The number of nitrogens with zero attached hydrogens (tertiary/aromatic N) is 2. The molecule has 0 spiro atoms. The van der Waals surface area contributed by atoms with Crippen LogP contribution in [0.15, 0.2) is 24.3 Å². The van der Waals surface area contributed by atoms with Gasteiger partial charge in [-0.05, 0) is 24.3 Å². The number of hydrogen-bond donors (Lipinski definition) is 1. The molecular weight excluding hydrogens is 248 g/mol. The third kappa shape index (κ3) is 2.73. The van der Waals surface area contributed by atoms with E-state index < -0.39 is 5.97 Å². The minimum Gasteiger partial charge on any atom is -0.478 e. The van der Waals surface area contributed by atoms with Gasteiger partial charge in [0.2, 0.25) is 5.91 Å². The van der Waals surface area contributed by atoms with E-state index >= 15 is 0 Å². The maximum absolute atomic E-state index is 12.1. The smallest absolute Gasteiger partial charge is 0.335 e. The molecule has 0 aromatic heterocycles. The van der Waals surface area contributed by atoms with Crippen molar-refractivity contribution in [3.63, 3.8) is 0 Å². The summed E-state index contributed by atoms with van der Waals surface area (Å²) in [6.07, 6.45) is 0. The van der Waals surface area contributed by atoms with Crippen molar-refractivity contribution in [1.29, 1.82) is 0 Å². The number of rotatable bonds is 2. The standard InChI is InChI=1S/C13H14N2O4/c1-14-6-7-15(8-11(14)16)12(17)9-2-4-10(5-3-9)13(18)19/h2-5H,6-8H2,1H3,(H,18,19). The minimum atomic E-state index is -1.03. The molecule has 1 N–H and O–H groups in total. The molecule has 0 unspecified atom stereocenters. The maximum atomic E-state index is 12.1. The first-order chi connectivity index (χ1) is 8.99. The van der Waals surface area contributed by atoms with Crippen molar-refractivity contribution in [2.24, 2.45) is 0 Å². The van der Waals surface area contributed by atoms with Gasteiger partial charge in [-0.15, -0.1) is 0 Å². The van der Waals surface area contributed by atoms with E-state index in [-0.39, 0.29) is 23.9 Å². The molecule has 1 heterocycles. The Balaban J connectivity index is 2.11. The van der Waals surface area contributed by atoms with Crippen LogP contribution < -0.4 is 0 Å². The lowest BCUT2D eigenvalue weighted by molar-refractivity contribution is -0.133. The van der Waals surface area contributed by atoms with Crippen LogP contribution in [0.2, 0.25) is 0 Å². The van der Waals surface area contributed by atoms with Crippen LogP contribution in [-0.2, 0) is 4.79 Å². The third-order valence-electron chi connectivity index (χ3n) is 3.12. The van der Waals surface area contributed by atoms with E-state index in [4.69, 9.17) is 5.11 Å². The molecule has 6 heteroatoms. The molecule has 1 aromatic carbocycles. The van der Waals surface area contributed by atoms with Crippen molar-refractivity contribution in [1.82, 2.24) is 9.80 Å². The van der Waals surface area contributed by atoms with Gasteiger partial charge < -0.3 is 14.9 Å². The van der Waals surface area contributed by atoms with Crippen molar-refractivity contribution < 1.29 is 19.5 Å². The van der Waals surface area contributed by atoms with Crippen LogP contribution in [0.1, 0.15) is 20.7 Å². The minimum absolute atomic E-state index is 0.0655. The van der Waals surface area contributed by atoms with E-state index in [1.165, 1.54) is 29.2 Å². The molecule has 0 saturated carbocycles. The highest BCUT2D eigenvalue weighted by molar-refractivity contribution is 5.98. The first-order valence-electron chi connectivity index (χ1n) is 5.85. The number of carboxylic acids is 1. The normalized spacial score (nSPS) is 15.5. The van der Waals surface area contributed by atoms with Crippen LogP contribution in [0.4, 0.5) is 0 Å². The topological polar surface area (TPSA) is 77.9 Å². The zero-order chi connectivity index (χ0) is 14.0. The van der Waals surface area contributed by atoms with E-state index in [0.717, 1.165) is 0 Å². The Hall–Kier alpha value is -2.37. The molecule has 0 bridgehead atoms. The Morgan fingerprint density at radius 1 is 1.11 bits per heavy atom. The summed E-state index contributed by atoms with van der Waals surface area (Å²) in [4.78, 5) is 37.4. The predicted molar refractivity (Wildman–Crippen MR) is 66.9 cm³/mol. The molecule has 1 aliphatic rings. The number of likely N-dealkylation sites (N-methyl/N-ethyl adjacent to an activating group) is 1. The molecule has 0 radical (unpaired) electrons. The Morgan fingerprint density at radius 2 is 1.68 bits per heavy atom. The average Bonchev–Trinajstić information content (AvgIpc) is 2.41. The SMILES string of the molecule is CN1CCN(C(=O)c2ccc(C(=O)O)cc2)CC1=O. The number of amides is 2. The highest BCUT2D eigenvalue weighted by Gasteiger charge is 2.25. The first-order valence-corrected chi connectivity index (χ1v) is 5.85. The van der Waals surface area contributed by atoms with Gasteiger partial charge in [-0.1, -0.05) is 0 Å². The van der Waals surface area contributed by atoms with E-state index in [0.29, 0.717) is 18.7 Å². The first kappa shape index (κ1) is 13.1. The summed E-state index contributed by atoms with van der Waals surface area (Å²) in [5, 5.41) is 8.78. The van der Waals surface area contributed by atoms with Gasteiger partial charge in [-0.2, -0.15) is 0 Å². The molecule has 1 saturated heterocycles. The zero-order valence-electron chi connectivity index (χ0n) is 10.5. The second kappa shape index (κ2) is 5.09. The van der Waals surface area contributed by atoms with Gasteiger partial charge >= 0.3 is 5.97 Å². The fraction of sp³-hybridized carbons (Fsp3) is 0.308. The summed E-state index contributed by atoms with van der Waals surface area (Å²) in [6, 6.07) is 5.70. The van der Waals surface area contributed by atoms with E-state index in [1.807, 2.05) is 0 Å². The molecule has 1 fully saturated rings. The lowest BCUT2D eigenvalue weighted by Crippen LogP contribution is -2.50. The van der Waals surface area contributed by atoms with E-state index in [2.05, 4.69) is 0 Å². The van der Waals surface area contributed by atoms with Gasteiger partial charge in [-0.3, -0.25) is 9.59 Å². The highest BCUT2D eigenvalue weighted by atomic mass is 16.4. The fourth-order valence-corrected chi connectivity index (χ4v) is 1.87. The molecule has 0 aliphatic carbocycles. The number of carbonyl (C=O) groups excluding carboxylic acids is 2. The van der Waals surface area contributed by atoms with Crippen molar-refractivity contribution in [3.8, 4) is 0 Å². The van der Waals surface area contributed by atoms with Crippen molar-refractivity contribution in [3.05, 3.63) is 35.4 Å². The molecular formula is C13H14N2O4. The number of hydrogen-bond acceptors (Lipinski definition) is 3. The predicted octanol–water partition coefficient (Wildman–Crippen LogP) is 0.299. The summed E-state index contributed by atoms with van der Waals surface area (Å²) >= 11 is 0. The largest absolute Gasteiger partial charge is 0.478 e. The summed E-state index contributed by atoms with van der Waals surface area (Å²) < 4.78 is 0. The molecule has 1 aliphatic heterocycles. The van der Waals surface area contributed by atoms with Gasteiger partial charge in [0.15, 0.2) is 0 Å². The third-order valence-corrected chi connectivity index (χ3v) is 3.12. The second-order valence-electron chi connectivity index (χ2n) is 4.42. The number of benzene rings is 1. The number of carboxylic acid groups (broad SMARTS) is 1. The van der Waals surface area contributed by atoms with Gasteiger partial charge in [0.25, 0.3) is 5.91 Å². The fourth-order valence-electron chi connectivity index (χ4n) is 1.87.